The van der Waals surface area contributed by atoms with Crippen molar-refractivity contribution < 1.29 is 19.1 Å². The highest BCUT2D eigenvalue weighted by molar-refractivity contribution is 6.00. The molecule has 1 unspecified atom stereocenters. The van der Waals surface area contributed by atoms with Crippen LogP contribution in [0.2, 0.25) is 0 Å². The van der Waals surface area contributed by atoms with Gasteiger partial charge in [-0.1, -0.05) is 12.1 Å². The number of rotatable bonds is 3. The molecule has 0 aliphatic carbocycles. The van der Waals surface area contributed by atoms with Crippen LogP contribution in [0.25, 0.3) is 0 Å². The lowest BCUT2D eigenvalue weighted by atomic mass is 10.1. The first-order valence-corrected chi connectivity index (χ1v) is 5.34. The zero-order chi connectivity index (χ0) is 12.4. The molecule has 0 saturated carbocycles. The molecule has 90 valence electrons. The maximum atomic E-state index is 11.4. The average Bonchev–Trinajstić information content (AvgIpc) is 2.58. The van der Waals surface area contributed by atoms with E-state index in [0.29, 0.717) is 11.3 Å². The predicted octanol–water partition coefficient (Wildman–Crippen LogP) is 1.78. The lowest BCUT2D eigenvalue weighted by Gasteiger charge is -2.11. The van der Waals surface area contributed by atoms with Crippen LogP contribution in [0, 0.1) is 0 Å². The Labute approximate surface area is 98.7 Å². The van der Waals surface area contributed by atoms with Crippen molar-refractivity contribution in [1.82, 2.24) is 5.32 Å². The number of carbonyl (C=O) groups is 2. The van der Waals surface area contributed by atoms with Gasteiger partial charge in [0, 0.05) is 5.56 Å². The van der Waals surface area contributed by atoms with Gasteiger partial charge in [0.15, 0.2) is 0 Å². The van der Waals surface area contributed by atoms with Crippen molar-refractivity contribution in [3.05, 3.63) is 29.8 Å². The van der Waals surface area contributed by atoms with E-state index in [2.05, 4.69) is 5.32 Å². The van der Waals surface area contributed by atoms with Crippen LogP contribution in [-0.2, 0) is 9.53 Å². The summed E-state index contributed by atoms with van der Waals surface area (Å²) in [4.78, 5) is 22.2. The number of hydrogen-bond donors (Lipinski definition) is 1. The third kappa shape index (κ3) is 2.55. The van der Waals surface area contributed by atoms with Crippen LogP contribution >= 0.6 is 0 Å². The second kappa shape index (κ2) is 4.45. The van der Waals surface area contributed by atoms with Crippen LogP contribution in [0.3, 0.4) is 0 Å². The summed E-state index contributed by atoms with van der Waals surface area (Å²) in [6.07, 6.45) is -1.47. The molecule has 0 aromatic heterocycles. The molecule has 1 saturated heterocycles. The van der Waals surface area contributed by atoms with Crippen molar-refractivity contribution in [2.75, 3.05) is 0 Å². The highest BCUT2D eigenvalue weighted by Crippen LogP contribution is 2.24. The van der Waals surface area contributed by atoms with Gasteiger partial charge in [0.05, 0.1) is 6.10 Å². The normalized spacial score (nSPS) is 19.1. The summed E-state index contributed by atoms with van der Waals surface area (Å²) in [6, 6.07) is 6.91. The smallest absolute Gasteiger partial charge is 0.415 e. The zero-order valence-electron chi connectivity index (χ0n) is 9.60. The number of cyclic esters (lactones) is 1. The standard InChI is InChI=1S/C12H13NO4/c1-7(2)16-9-5-3-8(4-6-9)10-11(14)13-12(15)17-10/h3-7,10H,1-2H3,(H,13,14,15). The van der Waals surface area contributed by atoms with Crippen LogP contribution in [-0.4, -0.2) is 18.1 Å². The molecule has 1 atom stereocenters. The Morgan fingerprint density at radius 2 is 1.88 bits per heavy atom. The van der Waals surface area contributed by atoms with Gasteiger partial charge in [-0.05, 0) is 26.0 Å². The minimum absolute atomic E-state index is 0.0912. The topological polar surface area (TPSA) is 64.6 Å². The predicted molar refractivity (Wildman–Crippen MR) is 59.6 cm³/mol. The molecule has 2 amide bonds. The van der Waals surface area contributed by atoms with Gasteiger partial charge in [0.25, 0.3) is 5.91 Å². The monoisotopic (exact) mass is 235 g/mol. The van der Waals surface area contributed by atoms with Gasteiger partial charge in [-0.3, -0.25) is 10.1 Å². The van der Waals surface area contributed by atoms with E-state index in [-0.39, 0.29) is 6.10 Å². The largest absolute Gasteiger partial charge is 0.491 e. The minimum Gasteiger partial charge on any atom is -0.491 e. The van der Waals surface area contributed by atoms with E-state index in [1.54, 1.807) is 24.3 Å². The Kier molecular flexibility index (Phi) is 2.99. The maximum Gasteiger partial charge on any atom is 0.415 e. The van der Waals surface area contributed by atoms with Gasteiger partial charge >= 0.3 is 6.09 Å². The number of benzene rings is 1. The lowest BCUT2D eigenvalue weighted by molar-refractivity contribution is -0.123. The molecule has 1 N–H and O–H groups in total. The Bertz CT molecular complexity index is 438. The summed E-state index contributed by atoms with van der Waals surface area (Å²) in [6.45, 7) is 3.86. The number of alkyl carbamates (subject to hydrolysis) is 1. The molecule has 1 aromatic rings. The number of carbonyl (C=O) groups excluding carboxylic acids is 2. The van der Waals surface area contributed by atoms with Crippen LogP contribution in [0.5, 0.6) is 5.75 Å². The van der Waals surface area contributed by atoms with E-state index < -0.39 is 18.1 Å². The average molecular weight is 235 g/mol. The molecule has 1 fully saturated rings. The molecule has 1 heterocycles. The minimum atomic E-state index is -0.851. The number of ether oxygens (including phenoxy) is 2. The Morgan fingerprint density at radius 3 is 2.35 bits per heavy atom. The van der Waals surface area contributed by atoms with Crippen LogP contribution in [0.15, 0.2) is 24.3 Å². The molecular formula is C12H13NO4. The van der Waals surface area contributed by atoms with Gasteiger partial charge in [0.2, 0.25) is 6.10 Å². The van der Waals surface area contributed by atoms with Crippen molar-refractivity contribution in [3.63, 3.8) is 0 Å². The summed E-state index contributed by atoms with van der Waals surface area (Å²) < 4.78 is 10.3. The van der Waals surface area contributed by atoms with Gasteiger partial charge in [0.1, 0.15) is 5.75 Å². The molecule has 1 aliphatic rings. The van der Waals surface area contributed by atoms with Gasteiger partial charge in [-0.15, -0.1) is 0 Å². The third-order valence-corrected chi connectivity index (χ3v) is 2.24. The first-order chi connectivity index (χ1) is 8.06. The second-order valence-electron chi connectivity index (χ2n) is 4.01. The van der Waals surface area contributed by atoms with E-state index in [1.165, 1.54) is 0 Å². The molecule has 0 radical (unpaired) electrons. The third-order valence-electron chi connectivity index (χ3n) is 2.24. The fraction of sp³-hybridized carbons (Fsp3) is 0.333. The zero-order valence-corrected chi connectivity index (χ0v) is 9.60. The van der Waals surface area contributed by atoms with Gasteiger partial charge in [-0.25, -0.2) is 4.79 Å². The summed E-state index contributed by atoms with van der Waals surface area (Å²) in [5, 5.41) is 2.08. The molecule has 1 aromatic carbocycles. The van der Waals surface area contributed by atoms with E-state index in [4.69, 9.17) is 9.47 Å². The van der Waals surface area contributed by atoms with E-state index in [0.717, 1.165) is 0 Å². The molecule has 5 heteroatoms. The first kappa shape index (κ1) is 11.4. The van der Waals surface area contributed by atoms with Crippen molar-refractivity contribution in [1.29, 1.82) is 0 Å². The molecule has 0 spiro atoms. The molecule has 17 heavy (non-hydrogen) atoms. The van der Waals surface area contributed by atoms with Crippen LogP contribution < -0.4 is 10.1 Å². The highest BCUT2D eigenvalue weighted by atomic mass is 16.6. The Morgan fingerprint density at radius 1 is 1.24 bits per heavy atom. The summed E-state index contributed by atoms with van der Waals surface area (Å²) in [5.41, 5.74) is 0.629. The van der Waals surface area contributed by atoms with Crippen molar-refractivity contribution in [2.45, 2.75) is 26.1 Å². The Hall–Kier alpha value is -2.04. The van der Waals surface area contributed by atoms with E-state index in [1.807, 2.05) is 13.8 Å². The van der Waals surface area contributed by atoms with Crippen molar-refractivity contribution >= 4 is 12.0 Å². The van der Waals surface area contributed by atoms with Gasteiger partial charge < -0.3 is 9.47 Å². The molecule has 1 aliphatic heterocycles. The van der Waals surface area contributed by atoms with E-state index in [9.17, 15) is 9.59 Å². The molecule has 0 bridgehead atoms. The van der Waals surface area contributed by atoms with E-state index >= 15 is 0 Å². The molecular weight excluding hydrogens is 222 g/mol. The SMILES string of the molecule is CC(C)Oc1ccc(C2OC(=O)NC2=O)cc1. The number of amides is 2. The lowest BCUT2D eigenvalue weighted by Crippen LogP contribution is -2.20. The Balaban J connectivity index is 2.13. The van der Waals surface area contributed by atoms with Crippen molar-refractivity contribution in [2.24, 2.45) is 0 Å². The highest BCUT2D eigenvalue weighted by Gasteiger charge is 2.33. The first-order valence-electron chi connectivity index (χ1n) is 5.34. The summed E-state index contributed by atoms with van der Waals surface area (Å²) in [7, 11) is 0. The van der Waals surface area contributed by atoms with Crippen LogP contribution in [0.1, 0.15) is 25.5 Å². The van der Waals surface area contributed by atoms with Crippen LogP contribution in [0.4, 0.5) is 4.79 Å². The fourth-order valence-corrected chi connectivity index (χ4v) is 1.57. The number of hydrogen-bond acceptors (Lipinski definition) is 4. The maximum absolute atomic E-state index is 11.4. The summed E-state index contributed by atoms with van der Waals surface area (Å²) in [5.74, 6) is 0.279. The number of nitrogens with one attached hydrogen (secondary N) is 1. The fourth-order valence-electron chi connectivity index (χ4n) is 1.57. The second-order valence-corrected chi connectivity index (χ2v) is 4.01. The molecule has 5 nitrogen and oxygen atoms in total. The van der Waals surface area contributed by atoms with Crippen molar-refractivity contribution in [3.8, 4) is 5.75 Å². The molecule has 2 rings (SSSR count). The quantitative estimate of drug-likeness (QED) is 0.867. The summed E-state index contributed by atoms with van der Waals surface area (Å²) >= 11 is 0. The number of imide groups is 1. The van der Waals surface area contributed by atoms with Gasteiger partial charge in [-0.2, -0.15) is 0 Å².